The molecule has 1 aromatic carbocycles. The van der Waals surface area contributed by atoms with Crippen LogP contribution < -0.4 is 0 Å². The third-order valence-electron chi connectivity index (χ3n) is 4.84. The third kappa shape index (κ3) is 2.60. The molecule has 0 bridgehead atoms. The molecule has 0 radical (unpaired) electrons. The number of nitrogens with one attached hydrogen (secondary N) is 2. The molecule has 1 fully saturated rings. The second kappa shape index (κ2) is 6.15. The fourth-order valence-electron chi connectivity index (χ4n) is 3.52. The summed E-state index contributed by atoms with van der Waals surface area (Å²) in [5.41, 5.74) is 3.75. The highest BCUT2D eigenvalue weighted by Gasteiger charge is 2.31. The lowest BCUT2D eigenvalue weighted by Gasteiger charge is -2.34. The topological polar surface area (TPSA) is 64.8 Å². The number of hydrogen-bond acceptors (Lipinski definition) is 2. The molecule has 1 saturated heterocycles. The van der Waals surface area contributed by atoms with Crippen molar-refractivity contribution in [2.45, 2.75) is 38.6 Å². The molecule has 1 aliphatic rings. The van der Waals surface area contributed by atoms with Crippen LogP contribution in [0.1, 0.15) is 54.2 Å². The van der Waals surface area contributed by atoms with Crippen molar-refractivity contribution in [2.75, 3.05) is 6.54 Å². The van der Waals surface area contributed by atoms with Crippen LogP contribution in [0.25, 0.3) is 11.0 Å². The number of likely N-dealkylation sites (tertiary alicyclic amines) is 1. The Balaban J connectivity index is 1.66. The summed E-state index contributed by atoms with van der Waals surface area (Å²) in [5, 5.41) is 0. The number of nitrogens with zero attached hydrogens (tertiary/aromatic N) is 2. The number of aromatic amines is 2. The number of benzene rings is 1. The van der Waals surface area contributed by atoms with Crippen LogP contribution >= 0.6 is 0 Å². The van der Waals surface area contributed by atoms with E-state index in [1.54, 1.807) is 0 Å². The number of para-hydroxylation sites is 2. The highest BCUT2D eigenvalue weighted by atomic mass is 16.2. The van der Waals surface area contributed by atoms with E-state index in [1.807, 2.05) is 41.3 Å². The Morgan fingerprint density at radius 3 is 2.88 bits per heavy atom. The van der Waals surface area contributed by atoms with Crippen LogP contribution in [-0.2, 0) is 6.42 Å². The molecule has 0 spiro atoms. The zero-order valence-corrected chi connectivity index (χ0v) is 13.9. The molecule has 0 aliphatic carbocycles. The smallest absolute Gasteiger partial charge is 0.270 e. The predicted octanol–water partition coefficient (Wildman–Crippen LogP) is 3.82. The molecule has 24 heavy (non-hydrogen) atoms. The van der Waals surface area contributed by atoms with Gasteiger partial charge < -0.3 is 14.9 Å². The van der Waals surface area contributed by atoms with Crippen molar-refractivity contribution >= 4 is 16.9 Å². The highest BCUT2D eigenvalue weighted by molar-refractivity contribution is 5.93. The zero-order chi connectivity index (χ0) is 16.5. The molecule has 2 N–H and O–H groups in total. The quantitative estimate of drug-likeness (QED) is 0.770. The van der Waals surface area contributed by atoms with Crippen LogP contribution in [0.4, 0.5) is 0 Å². The number of aryl methyl sites for hydroxylation is 1. The molecule has 3 heterocycles. The Morgan fingerprint density at radius 1 is 1.21 bits per heavy atom. The van der Waals surface area contributed by atoms with Gasteiger partial charge in [0.2, 0.25) is 0 Å². The fourth-order valence-corrected chi connectivity index (χ4v) is 3.52. The van der Waals surface area contributed by atoms with E-state index < -0.39 is 0 Å². The standard InChI is InChI=1S/C19H22N4O/c1-2-13-10-11-16(20-13)19(24)23-12-6-5-9-17(23)18-21-14-7-3-4-8-15(14)22-18/h3-4,7-8,10-11,17,20H,2,5-6,9,12H2,1H3,(H,21,22)/t17-/m1/s1. The number of carbonyl (C=O) groups excluding carboxylic acids is 1. The average Bonchev–Trinajstić information content (AvgIpc) is 3.27. The maximum absolute atomic E-state index is 13.0. The Bertz CT molecular complexity index is 830. The Morgan fingerprint density at radius 2 is 2.08 bits per heavy atom. The third-order valence-corrected chi connectivity index (χ3v) is 4.84. The van der Waals surface area contributed by atoms with E-state index in [9.17, 15) is 4.79 Å². The van der Waals surface area contributed by atoms with Crippen LogP contribution in [-0.4, -0.2) is 32.3 Å². The van der Waals surface area contributed by atoms with Gasteiger partial charge in [-0.15, -0.1) is 0 Å². The highest BCUT2D eigenvalue weighted by Crippen LogP contribution is 2.31. The van der Waals surface area contributed by atoms with Crippen molar-refractivity contribution in [3.8, 4) is 0 Å². The number of piperidine rings is 1. The van der Waals surface area contributed by atoms with Gasteiger partial charge in [-0.1, -0.05) is 19.1 Å². The molecule has 2 aromatic heterocycles. The molecule has 1 aliphatic heterocycles. The van der Waals surface area contributed by atoms with E-state index in [1.165, 1.54) is 0 Å². The van der Waals surface area contributed by atoms with Crippen molar-refractivity contribution in [1.29, 1.82) is 0 Å². The molecule has 124 valence electrons. The molecule has 0 saturated carbocycles. The van der Waals surface area contributed by atoms with Crippen molar-refractivity contribution in [2.24, 2.45) is 0 Å². The lowest BCUT2D eigenvalue weighted by molar-refractivity contribution is 0.0596. The maximum atomic E-state index is 13.0. The zero-order valence-electron chi connectivity index (χ0n) is 13.9. The minimum atomic E-state index is 0.0204. The molecular formula is C19H22N4O. The summed E-state index contributed by atoms with van der Waals surface area (Å²) < 4.78 is 0. The van der Waals surface area contributed by atoms with Gasteiger partial charge in [-0.25, -0.2) is 4.98 Å². The van der Waals surface area contributed by atoms with Gasteiger partial charge in [0.15, 0.2) is 0 Å². The average molecular weight is 322 g/mol. The number of aromatic nitrogens is 3. The van der Waals surface area contributed by atoms with Crippen molar-refractivity contribution in [3.05, 3.63) is 53.6 Å². The number of fused-ring (bicyclic) bond motifs is 1. The van der Waals surface area contributed by atoms with Crippen molar-refractivity contribution < 1.29 is 4.79 Å². The monoisotopic (exact) mass is 322 g/mol. The van der Waals surface area contributed by atoms with Crippen LogP contribution in [0, 0.1) is 0 Å². The molecule has 3 aromatic rings. The largest absolute Gasteiger partial charge is 0.354 e. The summed E-state index contributed by atoms with van der Waals surface area (Å²) in [6.45, 7) is 2.86. The summed E-state index contributed by atoms with van der Waals surface area (Å²) in [4.78, 5) is 26.3. The first kappa shape index (κ1) is 15.0. The van der Waals surface area contributed by atoms with E-state index in [0.717, 1.165) is 54.8 Å². The van der Waals surface area contributed by atoms with Crippen LogP contribution in [0.5, 0.6) is 0 Å². The molecule has 4 rings (SSSR count). The van der Waals surface area contributed by atoms with E-state index in [-0.39, 0.29) is 11.9 Å². The number of amides is 1. The number of imidazole rings is 1. The summed E-state index contributed by atoms with van der Waals surface area (Å²) in [6.07, 6.45) is 4.02. The Labute approximate surface area is 141 Å². The fraction of sp³-hybridized carbons (Fsp3) is 0.368. The van der Waals surface area contributed by atoms with E-state index in [0.29, 0.717) is 5.69 Å². The first-order valence-corrected chi connectivity index (χ1v) is 8.69. The van der Waals surface area contributed by atoms with Gasteiger partial charge in [-0.05, 0) is 49.9 Å². The van der Waals surface area contributed by atoms with E-state index in [2.05, 4.69) is 16.9 Å². The Kier molecular flexibility index (Phi) is 3.84. The Hall–Kier alpha value is -2.56. The molecule has 5 heteroatoms. The van der Waals surface area contributed by atoms with Gasteiger partial charge in [0.25, 0.3) is 5.91 Å². The summed E-state index contributed by atoms with van der Waals surface area (Å²) in [7, 11) is 0. The normalized spacial score (nSPS) is 18.2. The predicted molar refractivity (Wildman–Crippen MR) is 93.9 cm³/mol. The second-order valence-corrected chi connectivity index (χ2v) is 6.40. The molecular weight excluding hydrogens is 300 g/mol. The first-order valence-electron chi connectivity index (χ1n) is 8.69. The van der Waals surface area contributed by atoms with E-state index in [4.69, 9.17) is 4.98 Å². The lowest BCUT2D eigenvalue weighted by atomic mass is 10.0. The van der Waals surface area contributed by atoms with Gasteiger partial charge in [-0.2, -0.15) is 0 Å². The van der Waals surface area contributed by atoms with Gasteiger partial charge in [0, 0.05) is 12.2 Å². The summed E-state index contributed by atoms with van der Waals surface area (Å²) in [6, 6.07) is 11.9. The van der Waals surface area contributed by atoms with Gasteiger partial charge in [0.1, 0.15) is 11.5 Å². The number of hydrogen-bond donors (Lipinski definition) is 2. The number of rotatable bonds is 3. The summed E-state index contributed by atoms with van der Waals surface area (Å²) in [5.74, 6) is 0.964. The molecule has 1 atom stereocenters. The van der Waals surface area contributed by atoms with Gasteiger partial charge in [-0.3, -0.25) is 4.79 Å². The van der Waals surface area contributed by atoms with E-state index >= 15 is 0 Å². The minimum Gasteiger partial charge on any atom is -0.354 e. The molecule has 1 amide bonds. The SMILES string of the molecule is CCc1ccc(C(=O)N2CCCC[C@@H]2c2nc3ccccc3[nH]2)[nH]1. The number of carbonyl (C=O) groups is 1. The van der Waals surface area contributed by atoms with Crippen LogP contribution in [0.2, 0.25) is 0 Å². The number of H-pyrrole nitrogens is 2. The van der Waals surface area contributed by atoms with Gasteiger partial charge in [0.05, 0.1) is 17.1 Å². The summed E-state index contributed by atoms with van der Waals surface area (Å²) >= 11 is 0. The van der Waals surface area contributed by atoms with Crippen molar-refractivity contribution in [1.82, 2.24) is 19.9 Å². The molecule has 0 unspecified atom stereocenters. The minimum absolute atomic E-state index is 0.0204. The van der Waals surface area contributed by atoms with Crippen LogP contribution in [0.3, 0.4) is 0 Å². The van der Waals surface area contributed by atoms with Gasteiger partial charge >= 0.3 is 0 Å². The van der Waals surface area contributed by atoms with Crippen LogP contribution in [0.15, 0.2) is 36.4 Å². The maximum Gasteiger partial charge on any atom is 0.270 e. The van der Waals surface area contributed by atoms with Crippen molar-refractivity contribution in [3.63, 3.8) is 0 Å². The molecule has 5 nitrogen and oxygen atoms in total. The second-order valence-electron chi connectivity index (χ2n) is 6.40. The first-order chi connectivity index (χ1) is 11.8. The lowest BCUT2D eigenvalue weighted by Crippen LogP contribution is -2.39.